The van der Waals surface area contributed by atoms with Gasteiger partial charge in [0.2, 0.25) is 5.91 Å². The predicted molar refractivity (Wildman–Crippen MR) is 99.6 cm³/mol. The van der Waals surface area contributed by atoms with Gasteiger partial charge in [0.1, 0.15) is 18.2 Å². The number of ether oxygens (including phenoxy) is 1. The number of hydrogen-bond donors (Lipinski definition) is 1. The number of hydrogen-bond acceptors (Lipinski definition) is 5. The number of carbonyl (C=O) groups excluding carboxylic acids is 1. The van der Waals surface area contributed by atoms with Crippen molar-refractivity contribution in [3.05, 3.63) is 48.6 Å². The lowest BCUT2D eigenvalue weighted by atomic mass is 10.3. The van der Waals surface area contributed by atoms with Crippen LogP contribution in [0.15, 0.2) is 42.1 Å². The summed E-state index contributed by atoms with van der Waals surface area (Å²) in [5, 5.41) is 11.8. The third-order valence-corrected chi connectivity index (χ3v) is 4.61. The van der Waals surface area contributed by atoms with Gasteiger partial charge in [0, 0.05) is 12.6 Å². The quantitative estimate of drug-likeness (QED) is 0.508. The molecule has 0 saturated carbocycles. The second kappa shape index (κ2) is 9.96. The van der Waals surface area contributed by atoms with Crippen LogP contribution in [0.2, 0.25) is 0 Å². The van der Waals surface area contributed by atoms with E-state index >= 15 is 0 Å². The highest BCUT2D eigenvalue weighted by molar-refractivity contribution is 7.99. The van der Waals surface area contributed by atoms with Crippen LogP contribution in [0, 0.1) is 5.82 Å². The van der Waals surface area contributed by atoms with Crippen LogP contribution in [0.5, 0.6) is 5.75 Å². The molecule has 0 bridgehead atoms. The Morgan fingerprint density at radius 3 is 2.81 bits per heavy atom. The molecule has 0 spiro atoms. The summed E-state index contributed by atoms with van der Waals surface area (Å²) < 4.78 is 20.4. The molecule has 0 aliphatic heterocycles. The van der Waals surface area contributed by atoms with E-state index in [2.05, 4.69) is 22.1 Å². The lowest BCUT2D eigenvalue weighted by Crippen LogP contribution is -2.33. The third-order valence-electron chi connectivity index (χ3n) is 3.64. The Labute approximate surface area is 156 Å². The highest BCUT2D eigenvalue weighted by atomic mass is 32.2. The molecule has 0 unspecified atom stereocenters. The SMILES string of the molecule is C=CCn1c(COc2ccc(F)cc2)nnc1SCC(=O)N[C@@H](C)CC. The topological polar surface area (TPSA) is 69.0 Å². The van der Waals surface area contributed by atoms with Crippen LogP contribution in [-0.4, -0.2) is 32.5 Å². The van der Waals surface area contributed by atoms with Crippen LogP contribution in [0.3, 0.4) is 0 Å². The maximum absolute atomic E-state index is 12.9. The zero-order chi connectivity index (χ0) is 18.9. The minimum absolute atomic E-state index is 0.0402. The molecule has 6 nitrogen and oxygen atoms in total. The van der Waals surface area contributed by atoms with E-state index in [0.717, 1.165) is 6.42 Å². The van der Waals surface area contributed by atoms with Crippen molar-refractivity contribution in [2.45, 2.75) is 44.6 Å². The number of thioether (sulfide) groups is 1. The molecule has 1 atom stereocenters. The number of nitrogens with zero attached hydrogens (tertiary/aromatic N) is 3. The standard InChI is InChI=1S/C18H23FN4O2S/c1-4-10-23-16(11-25-15-8-6-14(19)7-9-15)21-22-18(23)26-12-17(24)20-13(3)5-2/h4,6-9,13H,1,5,10-12H2,2-3H3,(H,20,24)/t13-/m0/s1. The second-order valence-corrected chi connectivity index (χ2v) is 6.65. The molecule has 0 radical (unpaired) electrons. The van der Waals surface area contributed by atoms with Gasteiger partial charge < -0.3 is 10.1 Å². The molecular formula is C18H23FN4O2S. The summed E-state index contributed by atoms with van der Waals surface area (Å²) in [7, 11) is 0. The summed E-state index contributed by atoms with van der Waals surface area (Å²) in [6.45, 7) is 8.42. The van der Waals surface area contributed by atoms with Gasteiger partial charge in [0.05, 0.1) is 5.75 Å². The highest BCUT2D eigenvalue weighted by Gasteiger charge is 2.14. The molecule has 1 amide bonds. The fourth-order valence-electron chi connectivity index (χ4n) is 2.07. The fourth-order valence-corrected chi connectivity index (χ4v) is 2.85. The first-order chi connectivity index (χ1) is 12.5. The van der Waals surface area contributed by atoms with E-state index in [4.69, 9.17) is 4.74 Å². The van der Waals surface area contributed by atoms with E-state index in [1.54, 1.807) is 18.2 Å². The zero-order valence-electron chi connectivity index (χ0n) is 14.9. The number of benzene rings is 1. The van der Waals surface area contributed by atoms with Crippen LogP contribution in [0.25, 0.3) is 0 Å². The highest BCUT2D eigenvalue weighted by Crippen LogP contribution is 2.19. The minimum atomic E-state index is -0.318. The monoisotopic (exact) mass is 378 g/mol. The summed E-state index contributed by atoms with van der Waals surface area (Å²) in [6, 6.07) is 5.92. The molecular weight excluding hydrogens is 355 g/mol. The fraction of sp³-hybridized carbons (Fsp3) is 0.389. The summed E-state index contributed by atoms with van der Waals surface area (Å²) >= 11 is 1.32. The lowest BCUT2D eigenvalue weighted by Gasteiger charge is -2.11. The van der Waals surface area contributed by atoms with Gasteiger partial charge in [-0.1, -0.05) is 24.8 Å². The average molecular weight is 378 g/mol. The van der Waals surface area contributed by atoms with Gasteiger partial charge in [0.15, 0.2) is 11.0 Å². The summed E-state index contributed by atoms with van der Waals surface area (Å²) in [5.41, 5.74) is 0. The third kappa shape index (κ3) is 5.87. The minimum Gasteiger partial charge on any atom is -0.486 e. The first-order valence-electron chi connectivity index (χ1n) is 8.37. The summed E-state index contributed by atoms with van der Waals surface area (Å²) in [4.78, 5) is 11.9. The van der Waals surface area contributed by atoms with Gasteiger partial charge >= 0.3 is 0 Å². The lowest BCUT2D eigenvalue weighted by molar-refractivity contribution is -0.119. The summed E-state index contributed by atoms with van der Waals surface area (Å²) in [6.07, 6.45) is 2.61. The van der Waals surface area contributed by atoms with Crippen molar-refractivity contribution in [3.63, 3.8) is 0 Å². The van der Waals surface area contributed by atoms with E-state index < -0.39 is 0 Å². The molecule has 1 aromatic carbocycles. The molecule has 0 fully saturated rings. The molecule has 2 aromatic rings. The largest absolute Gasteiger partial charge is 0.486 e. The van der Waals surface area contributed by atoms with Gasteiger partial charge in [-0.2, -0.15) is 0 Å². The van der Waals surface area contributed by atoms with Gasteiger partial charge in [-0.3, -0.25) is 9.36 Å². The molecule has 0 saturated heterocycles. The van der Waals surface area contributed by atoms with Crippen LogP contribution in [0.1, 0.15) is 26.1 Å². The van der Waals surface area contributed by atoms with Gasteiger partial charge in [0.25, 0.3) is 0 Å². The first-order valence-corrected chi connectivity index (χ1v) is 9.35. The number of halogens is 1. The Hall–Kier alpha value is -2.35. The molecule has 0 aliphatic carbocycles. The molecule has 8 heteroatoms. The molecule has 26 heavy (non-hydrogen) atoms. The van der Waals surface area contributed by atoms with E-state index in [9.17, 15) is 9.18 Å². The van der Waals surface area contributed by atoms with Crippen molar-refractivity contribution in [1.82, 2.24) is 20.1 Å². The molecule has 0 aliphatic rings. The zero-order valence-corrected chi connectivity index (χ0v) is 15.8. The maximum Gasteiger partial charge on any atom is 0.230 e. The van der Waals surface area contributed by atoms with Crippen LogP contribution >= 0.6 is 11.8 Å². The van der Waals surface area contributed by atoms with Crippen LogP contribution in [-0.2, 0) is 17.9 Å². The number of carbonyl (C=O) groups is 1. The van der Waals surface area contributed by atoms with Crippen molar-refractivity contribution in [2.75, 3.05) is 5.75 Å². The Bertz CT molecular complexity index is 733. The van der Waals surface area contributed by atoms with Crippen molar-refractivity contribution in [3.8, 4) is 5.75 Å². The van der Waals surface area contributed by atoms with E-state index in [1.165, 1.54) is 23.9 Å². The Balaban J connectivity index is 1.98. The van der Waals surface area contributed by atoms with E-state index in [1.807, 2.05) is 18.4 Å². The van der Waals surface area contributed by atoms with Crippen molar-refractivity contribution in [2.24, 2.45) is 0 Å². The van der Waals surface area contributed by atoms with Crippen molar-refractivity contribution < 1.29 is 13.9 Å². The predicted octanol–water partition coefficient (Wildman–Crippen LogP) is 3.19. The van der Waals surface area contributed by atoms with Gasteiger partial charge in [-0.05, 0) is 37.6 Å². The second-order valence-electron chi connectivity index (χ2n) is 5.71. The Morgan fingerprint density at radius 2 is 2.15 bits per heavy atom. The van der Waals surface area contributed by atoms with E-state index in [0.29, 0.717) is 23.3 Å². The number of amides is 1. The number of aromatic nitrogens is 3. The van der Waals surface area contributed by atoms with Crippen LogP contribution < -0.4 is 10.1 Å². The molecule has 140 valence electrons. The number of rotatable bonds is 10. The maximum atomic E-state index is 12.9. The smallest absolute Gasteiger partial charge is 0.230 e. The van der Waals surface area contributed by atoms with Crippen molar-refractivity contribution >= 4 is 17.7 Å². The summed E-state index contributed by atoms with van der Waals surface area (Å²) in [5.74, 6) is 1.06. The first kappa shape index (κ1) is 20.0. The van der Waals surface area contributed by atoms with Gasteiger partial charge in [-0.25, -0.2) is 4.39 Å². The van der Waals surface area contributed by atoms with E-state index in [-0.39, 0.29) is 30.1 Å². The van der Waals surface area contributed by atoms with Crippen LogP contribution in [0.4, 0.5) is 4.39 Å². The van der Waals surface area contributed by atoms with Crippen molar-refractivity contribution in [1.29, 1.82) is 0 Å². The molecule has 1 N–H and O–H groups in total. The molecule has 1 heterocycles. The number of nitrogens with one attached hydrogen (secondary N) is 1. The molecule has 1 aromatic heterocycles. The number of allylic oxidation sites excluding steroid dienone is 1. The van der Waals surface area contributed by atoms with Gasteiger partial charge in [-0.15, -0.1) is 16.8 Å². The average Bonchev–Trinajstić information content (AvgIpc) is 3.01. The Kier molecular flexibility index (Phi) is 7.65. The Morgan fingerprint density at radius 1 is 1.42 bits per heavy atom. The molecule has 2 rings (SSSR count). The normalized spacial score (nSPS) is 11.8.